The molecule has 1 aliphatic heterocycles. The first-order chi connectivity index (χ1) is 12.7. The van der Waals surface area contributed by atoms with Gasteiger partial charge in [-0.2, -0.15) is 0 Å². The molecule has 136 valence electrons. The van der Waals surface area contributed by atoms with E-state index in [0.29, 0.717) is 5.91 Å². The van der Waals surface area contributed by atoms with Gasteiger partial charge in [0.05, 0.1) is 5.41 Å². The van der Waals surface area contributed by atoms with Gasteiger partial charge in [-0.05, 0) is 42.7 Å². The van der Waals surface area contributed by atoms with E-state index < -0.39 is 0 Å². The van der Waals surface area contributed by atoms with Crippen LogP contribution in [-0.4, -0.2) is 37.0 Å². The Labute approximate surface area is 154 Å². The van der Waals surface area contributed by atoms with Gasteiger partial charge < -0.3 is 9.80 Å². The first-order valence-electron chi connectivity index (χ1n) is 9.54. The van der Waals surface area contributed by atoms with Gasteiger partial charge >= 0.3 is 0 Å². The van der Waals surface area contributed by atoms with E-state index in [0.717, 1.165) is 57.5 Å². The fourth-order valence-corrected chi connectivity index (χ4v) is 4.48. The molecule has 4 heteroatoms. The maximum atomic E-state index is 13.5. The van der Waals surface area contributed by atoms with Crippen molar-refractivity contribution in [2.24, 2.45) is 0 Å². The van der Waals surface area contributed by atoms with Crippen molar-refractivity contribution in [2.45, 2.75) is 31.1 Å². The fraction of sp³-hybridized carbons (Fsp3) is 0.409. The smallest absolute Gasteiger partial charge is 0.233 e. The Kier molecular flexibility index (Phi) is 4.66. The molecule has 26 heavy (non-hydrogen) atoms. The Morgan fingerprint density at radius 2 is 1.46 bits per heavy atom. The van der Waals surface area contributed by atoms with Crippen molar-refractivity contribution in [1.29, 1.82) is 0 Å². The number of amides is 1. The first kappa shape index (κ1) is 17.1. The molecule has 1 heterocycles. The van der Waals surface area contributed by atoms with Gasteiger partial charge in [0.2, 0.25) is 5.91 Å². The Morgan fingerprint density at radius 1 is 0.846 bits per heavy atom. The van der Waals surface area contributed by atoms with Crippen LogP contribution >= 0.6 is 0 Å². The van der Waals surface area contributed by atoms with Crippen LogP contribution in [0, 0.1) is 5.82 Å². The van der Waals surface area contributed by atoms with Crippen molar-refractivity contribution >= 4 is 11.6 Å². The largest absolute Gasteiger partial charge is 0.368 e. The Hall–Kier alpha value is -2.36. The molecular formula is C22H25FN2O. The van der Waals surface area contributed by atoms with Gasteiger partial charge in [0.25, 0.3) is 0 Å². The average molecular weight is 352 g/mol. The molecule has 0 bridgehead atoms. The zero-order valence-corrected chi connectivity index (χ0v) is 15.0. The molecule has 1 saturated heterocycles. The third-order valence-corrected chi connectivity index (χ3v) is 5.95. The third kappa shape index (κ3) is 3.09. The minimum Gasteiger partial charge on any atom is -0.368 e. The van der Waals surface area contributed by atoms with E-state index in [1.807, 2.05) is 35.2 Å². The predicted octanol–water partition coefficient (Wildman–Crippen LogP) is 3.99. The van der Waals surface area contributed by atoms with Gasteiger partial charge in [-0.15, -0.1) is 0 Å². The van der Waals surface area contributed by atoms with Crippen molar-refractivity contribution in [3.8, 4) is 0 Å². The van der Waals surface area contributed by atoms with Gasteiger partial charge in [0.1, 0.15) is 5.82 Å². The van der Waals surface area contributed by atoms with Crippen LogP contribution in [0.5, 0.6) is 0 Å². The highest BCUT2D eigenvalue weighted by molar-refractivity contribution is 5.89. The predicted molar refractivity (Wildman–Crippen MR) is 102 cm³/mol. The van der Waals surface area contributed by atoms with E-state index >= 15 is 0 Å². The number of carbonyl (C=O) groups excluding carboxylic acids is 1. The van der Waals surface area contributed by atoms with E-state index in [2.05, 4.69) is 17.0 Å². The molecule has 0 N–H and O–H groups in total. The normalized spacial score (nSPS) is 19.6. The summed E-state index contributed by atoms with van der Waals surface area (Å²) in [6.45, 7) is 3.04. The summed E-state index contributed by atoms with van der Waals surface area (Å²) < 4.78 is 13.1. The zero-order chi connectivity index (χ0) is 18.0. The number of carbonyl (C=O) groups is 1. The lowest BCUT2D eigenvalue weighted by molar-refractivity contribution is -0.137. The Morgan fingerprint density at radius 3 is 2.08 bits per heavy atom. The van der Waals surface area contributed by atoms with E-state index in [9.17, 15) is 9.18 Å². The van der Waals surface area contributed by atoms with Gasteiger partial charge in [0.15, 0.2) is 0 Å². The van der Waals surface area contributed by atoms with Crippen molar-refractivity contribution in [1.82, 2.24) is 4.90 Å². The second-order valence-corrected chi connectivity index (χ2v) is 7.41. The van der Waals surface area contributed by atoms with Crippen LogP contribution in [-0.2, 0) is 10.2 Å². The summed E-state index contributed by atoms with van der Waals surface area (Å²) in [6.07, 6.45) is 4.15. The number of piperazine rings is 1. The van der Waals surface area contributed by atoms with Crippen molar-refractivity contribution < 1.29 is 9.18 Å². The maximum absolute atomic E-state index is 13.5. The lowest BCUT2D eigenvalue weighted by atomic mass is 9.77. The summed E-state index contributed by atoms with van der Waals surface area (Å²) in [5, 5.41) is 0. The third-order valence-electron chi connectivity index (χ3n) is 5.95. The van der Waals surface area contributed by atoms with E-state index in [-0.39, 0.29) is 11.2 Å². The summed E-state index contributed by atoms with van der Waals surface area (Å²) in [6, 6.07) is 16.9. The SMILES string of the molecule is O=C(N1CCN(c2ccc(F)cc2)CC1)C1(c2ccccc2)CCCC1. The second kappa shape index (κ2) is 7.10. The monoisotopic (exact) mass is 352 g/mol. The van der Waals surface area contributed by atoms with Crippen molar-refractivity contribution in [3.05, 3.63) is 66.0 Å². The molecule has 0 aromatic heterocycles. The summed E-state index contributed by atoms with van der Waals surface area (Å²) in [7, 11) is 0. The summed E-state index contributed by atoms with van der Waals surface area (Å²) in [4.78, 5) is 17.7. The molecule has 3 nitrogen and oxygen atoms in total. The van der Waals surface area contributed by atoms with Crippen LogP contribution in [0.1, 0.15) is 31.2 Å². The van der Waals surface area contributed by atoms with Crippen LogP contribution in [0.4, 0.5) is 10.1 Å². The molecule has 1 aliphatic carbocycles. The zero-order valence-electron chi connectivity index (χ0n) is 15.0. The Balaban J connectivity index is 1.48. The fourth-order valence-electron chi connectivity index (χ4n) is 4.48. The molecule has 2 fully saturated rings. The molecular weight excluding hydrogens is 327 g/mol. The van der Waals surface area contributed by atoms with Crippen LogP contribution < -0.4 is 4.90 Å². The first-order valence-corrected chi connectivity index (χ1v) is 9.54. The second-order valence-electron chi connectivity index (χ2n) is 7.41. The van der Waals surface area contributed by atoms with E-state index in [4.69, 9.17) is 0 Å². The number of hydrogen-bond donors (Lipinski definition) is 0. The number of anilines is 1. The topological polar surface area (TPSA) is 23.6 Å². The summed E-state index contributed by atoms with van der Waals surface area (Å²) >= 11 is 0. The molecule has 2 aromatic rings. The standard InChI is InChI=1S/C22H25FN2O/c23-19-8-10-20(11-9-19)24-14-16-25(17-15-24)21(26)22(12-4-5-13-22)18-6-2-1-3-7-18/h1-3,6-11H,4-5,12-17H2. The number of benzene rings is 2. The van der Waals surface area contributed by atoms with E-state index in [1.165, 1.54) is 17.7 Å². The van der Waals surface area contributed by atoms with Crippen molar-refractivity contribution in [2.75, 3.05) is 31.1 Å². The maximum Gasteiger partial charge on any atom is 0.233 e. The van der Waals surface area contributed by atoms with Gasteiger partial charge in [0, 0.05) is 31.9 Å². The molecule has 0 atom stereocenters. The van der Waals surface area contributed by atoms with Crippen LogP contribution in [0.2, 0.25) is 0 Å². The van der Waals surface area contributed by atoms with Gasteiger partial charge in [-0.1, -0.05) is 43.2 Å². The molecule has 4 rings (SSSR count). The minimum absolute atomic E-state index is 0.214. The van der Waals surface area contributed by atoms with Crippen LogP contribution in [0.15, 0.2) is 54.6 Å². The van der Waals surface area contributed by atoms with Gasteiger partial charge in [-0.25, -0.2) is 4.39 Å². The van der Waals surface area contributed by atoms with Gasteiger partial charge in [-0.3, -0.25) is 4.79 Å². The molecule has 2 aromatic carbocycles. The molecule has 0 unspecified atom stereocenters. The van der Waals surface area contributed by atoms with Crippen LogP contribution in [0.25, 0.3) is 0 Å². The highest BCUT2D eigenvalue weighted by atomic mass is 19.1. The molecule has 1 amide bonds. The molecule has 0 spiro atoms. The molecule has 2 aliphatic rings. The minimum atomic E-state index is -0.334. The highest BCUT2D eigenvalue weighted by Crippen LogP contribution is 2.42. The molecule has 0 radical (unpaired) electrons. The Bertz CT molecular complexity index is 745. The van der Waals surface area contributed by atoms with Crippen molar-refractivity contribution in [3.63, 3.8) is 0 Å². The molecule has 1 saturated carbocycles. The highest BCUT2D eigenvalue weighted by Gasteiger charge is 2.45. The average Bonchev–Trinajstić information content (AvgIpc) is 3.20. The summed E-state index contributed by atoms with van der Waals surface area (Å²) in [5.74, 6) is 0.0774. The lowest BCUT2D eigenvalue weighted by Crippen LogP contribution is -2.54. The quantitative estimate of drug-likeness (QED) is 0.834. The van der Waals surface area contributed by atoms with Crippen LogP contribution in [0.3, 0.4) is 0 Å². The number of nitrogens with zero attached hydrogens (tertiary/aromatic N) is 2. The van der Waals surface area contributed by atoms with E-state index in [1.54, 1.807) is 0 Å². The number of halogens is 1. The number of rotatable bonds is 3. The number of hydrogen-bond acceptors (Lipinski definition) is 2. The lowest BCUT2D eigenvalue weighted by Gasteiger charge is -2.40. The summed E-state index contributed by atoms with van der Waals surface area (Å²) in [5.41, 5.74) is 1.86.